The average molecular weight is 467 g/mol. The van der Waals surface area contributed by atoms with Crippen LogP contribution in [0.5, 0.6) is 11.5 Å². The summed E-state index contributed by atoms with van der Waals surface area (Å²) in [6.45, 7) is 0. The first-order valence-electron chi connectivity index (χ1n) is 9.09. The van der Waals surface area contributed by atoms with Crippen LogP contribution in [0.3, 0.4) is 0 Å². The molecule has 2 aliphatic heterocycles. The lowest BCUT2D eigenvalue weighted by atomic mass is 10.1. The standard InChI is InChI=1S/C20H19ClN2O5S2/c1-27-16-9-17(28-2)14(8-13(16)21)23-15-10-30(25,26)11-18(15)29-20(23)22-19(24)12-6-4-3-5-7-12/h3-9,15,18H,10-11H2,1-2H3/t15-,18-/m0/s1. The minimum absolute atomic E-state index is 0.0313. The van der Waals surface area contributed by atoms with E-state index in [1.54, 1.807) is 41.3 Å². The largest absolute Gasteiger partial charge is 0.495 e. The second-order valence-corrected chi connectivity index (χ2v) is 10.7. The van der Waals surface area contributed by atoms with Crippen LogP contribution in [-0.4, -0.2) is 56.5 Å². The van der Waals surface area contributed by atoms with Crippen LogP contribution < -0.4 is 14.4 Å². The van der Waals surface area contributed by atoms with E-state index in [0.717, 1.165) is 0 Å². The Balaban J connectivity index is 1.81. The summed E-state index contributed by atoms with van der Waals surface area (Å²) >= 11 is 7.64. The second kappa shape index (κ2) is 8.13. The lowest BCUT2D eigenvalue weighted by molar-refractivity contribution is 0.100. The smallest absolute Gasteiger partial charge is 0.279 e. The molecule has 0 spiro atoms. The predicted octanol–water partition coefficient (Wildman–Crippen LogP) is 3.27. The third-order valence-electron chi connectivity index (χ3n) is 5.00. The Morgan fingerprint density at radius 3 is 2.50 bits per heavy atom. The number of anilines is 1. The number of hydrogen-bond donors (Lipinski definition) is 0. The summed E-state index contributed by atoms with van der Waals surface area (Å²) in [6.07, 6.45) is 0. The maximum Gasteiger partial charge on any atom is 0.279 e. The molecule has 158 valence electrons. The van der Waals surface area contributed by atoms with Crippen LogP contribution in [0.15, 0.2) is 47.5 Å². The van der Waals surface area contributed by atoms with Crippen molar-refractivity contribution in [1.29, 1.82) is 0 Å². The first-order valence-corrected chi connectivity index (χ1v) is 12.2. The van der Waals surface area contributed by atoms with Crippen molar-refractivity contribution >= 4 is 50.0 Å². The van der Waals surface area contributed by atoms with Crippen molar-refractivity contribution in [3.05, 3.63) is 53.1 Å². The zero-order valence-electron chi connectivity index (χ0n) is 16.2. The Morgan fingerprint density at radius 2 is 1.83 bits per heavy atom. The molecule has 0 bridgehead atoms. The fourth-order valence-electron chi connectivity index (χ4n) is 3.61. The van der Waals surface area contributed by atoms with Crippen molar-refractivity contribution in [1.82, 2.24) is 0 Å². The van der Waals surface area contributed by atoms with Crippen LogP contribution in [0.25, 0.3) is 0 Å². The number of carbonyl (C=O) groups excluding carboxylic acids is 1. The van der Waals surface area contributed by atoms with Crippen molar-refractivity contribution in [2.24, 2.45) is 4.99 Å². The van der Waals surface area contributed by atoms with Gasteiger partial charge in [-0.3, -0.25) is 4.79 Å². The van der Waals surface area contributed by atoms with Crippen LogP contribution in [-0.2, 0) is 9.84 Å². The number of rotatable bonds is 4. The number of halogens is 1. The van der Waals surface area contributed by atoms with Crippen LogP contribution in [0.2, 0.25) is 5.02 Å². The van der Waals surface area contributed by atoms with Gasteiger partial charge in [-0.25, -0.2) is 8.42 Å². The van der Waals surface area contributed by atoms with Crippen LogP contribution in [0.1, 0.15) is 10.4 Å². The number of fused-ring (bicyclic) bond motifs is 1. The molecule has 30 heavy (non-hydrogen) atoms. The molecule has 2 atom stereocenters. The number of nitrogens with zero attached hydrogens (tertiary/aromatic N) is 2. The van der Waals surface area contributed by atoms with E-state index in [1.165, 1.54) is 26.0 Å². The van der Waals surface area contributed by atoms with E-state index in [1.807, 2.05) is 6.07 Å². The molecular weight excluding hydrogens is 448 g/mol. The third kappa shape index (κ3) is 3.89. The van der Waals surface area contributed by atoms with Gasteiger partial charge < -0.3 is 14.4 Å². The Bertz CT molecular complexity index is 1120. The first kappa shape index (κ1) is 21.0. The number of hydrogen-bond acceptors (Lipinski definition) is 6. The summed E-state index contributed by atoms with van der Waals surface area (Å²) in [6, 6.07) is 11.6. The van der Waals surface area contributed by atoms with Crippen LogP contribution >= 0.6 is 23.4 Å². The van der Waals surface area contributed by atoms with Gasteiger partial charge in [0.2, 0.25) is 0 Å². The zero-order valence-corrected chi connectivity index (χ0v) is 18.6. The lowest BCUT2D eigenvalue weighted by Gasteiger charge is -2.26. The highest BCUT2D eigenvalue weighted by atomic mass is 35.5. The minimum Gasteiger partial charge on any atom is -0.495 e. The Labute approximate surface area is 183 Å². The van der Waals surface area contributed by atoms with E-state index >= 15 is 0 Å². The monoisotopic (exact) mass is 466 g/mol. The molecule has 2 fully saturated rings. The molecule has 0 N–H and O–H groups in total. The Morgan fingerprint density at radius 1 is 1.13 bits per heavy atom. The van der Waals surface area contributed by atoms with E-state index in [-0.39, 0.29) is 22.8 Å². The molecule has 0 saturated carbocycles. The molecule has 1 amide bonds. The number of amides is 1. The molecule has 2 aliphatic rings. The van der Waals surface area contributed by atoms with E-state index < -0.39 is 15.7 Å². The van der Waals surface area contributed by atoms with E-state index in [2.05, 4.69) is 4.99 Å². The molecule has 4 rings (SSSR count). The van der Waals surface area contributed by atoms with E-state index in [4.69, 9.17) is 21.1 Å². The van der Waals surface area contributed by atoms with Gasteiger partial charge in [-0.2, -0.15) is 4.99 Å². The number of benzene rings is 2. The summed E-state index contributed by atoms with van der Waals surface area (Å²) in [5.41, 5.74) is 0.995. The van der Waals surface area contributed by atoms with Gasteiger partial charge in [0.25, 0.3) is 5.91 Å². The van der Waals surface area contributed by atoms with Gasteiger partial charge in [0, 0.05) is 16.9 Å². The van der Waals surface area contributed by atoms with Crippen molar-refractivity contribution < 1.29 is 22.7 Å². The first-order chi connectivity index (χ1) is 14.3. The van der Waals surface area contributed by atoms with Crippen molar-refractivity contribution in [2.45, 2.75) is 11.3 Å². The number of amidine groups is 1. The van der Waals surface area contributed by atoms with Gasteiger partial charge in [-0.05, 0) is 18.2 Å². The quantitative estimate of drug-likeness (QED) is 0.683. The normalized spacial score (nSPS) is 23.4. The molecule has 0 unspecified atom stereocenters. The maximum atomic E-state index is 12.7. The lowest BCUT2D eigenvalue weighted by Crippen LogP contribution is -2.38. The molecule has 2 aromatic rings. The van der Waals surface area contributed by atoms with E-state index in [0.29, 0.717) is 32.9 Å². The number of sulfone groups is 1. The van der Waals surface area contributed by atoms with Crippen LogP contribution in [0, 0.1) is 0 Å². The highest BCUT2D eigenvalue weighted by Gasteiger charge is 2.50. The topological polar surface area (TPSA) is 85.3 Å². The highest BCUT2D eigenvalue weighted by molar-refractivity contribution is 8.16. The number of carbonyl (C=O) groups is 1. The Hall–Kier alpha value is -2.23. The molecule has 2 heterocycles. The third-order valence-corrected chi connectivity index (χ3v) is 8.50. The van der Waals surface area contributed by atoms with Gasteiger partial charge in [0.05, 0.1) is 42.5 Å². The molecule has 2 aromatic carbocycles. The summed E-state index contributed by atoms with van der Waals surface area (Å²) in [5.74, 6) is 0.476. The van der Waals surface area contributed by atoms with Gasteiger partial charge in [0.1, 0.15) is 11.5 Å². The molecule has 10 heteroatoms. The fourth-order valence-corrected chi connectivity index (χ4v) is 7.75. The molecule has 2 saturated heterocycles. The van der Waals surface area contributed by atoms with Crippen molar-refractivity contribution in [2.75, 3.05) is 30.6 Å². The zero-order chi connectivity index (χ0) is 21.5. The fraction of sp³-hybridized carbons (Fsp3) is 0.300. The van der Waals surface area contributed by atoms with Gasteiger partial charge >= 0.3 is 0 Å². The van der Waals surface area contributed by atoms with Crippen molar-refractivity contribution in [3.63, 3.8) is 0 Å². The number of aliphatic imine (C=N–C) groups is 1. The van der Waals surface area contributed by atoms with Crippen molar-refractivity contribution in [3.8, 4) is 11.5 Å². The predicted molar refractivity (Wildman–Crippen MR) is 119 cm³/mol. The summed E-state index contributed by atoms with van der Waals surface area (Å²) in [4.78, 5) is 18.8. The number of ether oxygens (including phenoxy) is 2. The second-order valence-electron chi connectivity index (χ2n) is 6.89. The number of thioether (sulfide) groups is 1. The number of methoxy groups -OCH3 is 2. The molecule has 0 radical (unpaired) electrons. The summed E-state index contributed by atoms with van der Waals surface area (Å²) in [5, 5.41) is 0.535. The van der Waals surface area contributed by atoms with Crippen LogP contribution in [0.4, 0.5) is 5.69 Å². The average Bonchev–Trinajstić information content (AvgIpc) is 3.19. The molecule has 7 nitrogen and oxygen atoms in total. The molecular formula is C20H19ClN2O5S2. The summed E-state index contributed by atoms with van der Waals surface area (Å²) in [7, 11) is -0.193. The van der Waals surface area contributed by atoms with Gasteiger partial charge in [0.15, 0.2) is 15.0 Å². The minimum atomic E-state index is -3.19. The van der Waals surface area contributed by atoms with E-state index in [9.17, 15) is 13.2 Å². The van der Waals surface area contributed by atoms with Gasteiger partial charge in [-0.15, -0.1) is 0 Å². The molecule has 0 aromatic heterocycles. The highest BCUT2D eigenvalue weighted by Crippen LogP contribution is 2.46. The molecule has 0 aliphatic carbocycles. The SMILES string of the molecule is COc1cc(OC)c(N2C(=NC(=O)c3ccccc3)S[C@H]3CS(=O)(=O)C[C@@H]32)cc1Cl. The maximum absolute atomic E-state index is 12.7. The Kier molecular flexibility index (Phi) is 5.69. The summed E-state index contributed by atoms with van der Waals surface area (Å²) < 4.78 is 35.3. The van der Waals surface area contributed by atoms with Gasteiger partial charge in [-0.1, -0.05) is 41.6 Å².